The number of rotatable bonds is 27. The first-order valence-corrected chi connectivity index (χ1v) is 14.2. The molecule has 5 nitrogen and oxygen atoms in total. The van der Waals surface area contributed by atoms with Crippen molar-refractivity contribution in [1.82, 2.24) is 0 Å². The molecule has 0 heterocycles. The van der Waals surface area contributed by atoms with Crippen molar-refractivity contribution in [2.24, 2.45) is 0 Å². The molecule has 0 fully saturated rings. The first-order chi connectivity index (χ1) is 16.0. The largest absolute Gasteiger partial charge is 1.00 e. The van der Waals surface area contributed by atoms with Crippen LogP contribution < -0.4 is 12.4 Å². The zero-order valence-electron chi connectivity index (χ0n) is 23.3. The van der Waals surface area contributed by atoms with E-state index in [-0.39, 0.29) is 12.4 Å². The fraction of sp³-hybridized carbons (Fsp3) is 1.00. The minimum atomic E-state index is -0.544. The zero-order chi connectivity index (χ0) is 24.5. The van der Waals surface area contributed by atoms with Gasteiger partial charge in [-0.3, -0.25) is 0 Å². The van der Waals surface area contributed by atoms with E-state index in [1.807, 2.05) is 0 Å². The predicted molar refractivity (Wildman–Crippen MR) is 141 cm³/mol. The van der Waals surface area contributed by atoms with Gasteiger partial charge in [-0.2, -0.15) is 0 Å². The van der Waals surface area contributed by atoms with Gasteiger partial charge in [-0.15, -0.1) is 0 Å². The molecule has 34 heavy (non-hydrogen) atoms. The zero-order valence-corrected chi connectivity index (χ0v) is 24.1. The Morgan fingerprint density at radius 1 is 0.529 bits per heavy atom. The third-order valence-electron chi connectivity index (χ3n) is 6.04. The van der Waals surface area contributed by atoms with Crippen LogP contribution in [0.4, 0.5) is 0 Å². The summed E-state index contributed by atoms with van der Waals surface area (Å²) in [5.41, 5.74) is 0. The molecule has 0 aliphatic carbocycles. The Labute approximate surface area is 219 Å². The Kier molecular flexibility index (Phi) is 29.5. The molecule has 0 saturated heterocycles. The number of quaternary nitrogens is 1. The molecule has 0 aromatic carbocycles. The van der Waals surface area contributed by atoms with E-state index in [1.54, 1.807) is 0 Å². The van der Waals surface area contributed by atoms with Gasteiger partial charge in [0.1, 0.15) is 12.6 Å². The van der Waals surface area contributed by atoms with E-state index in [2.05, 4.69) is 28.1 Å². The van der Waals surface area contributed by atoms with Crippen LogP contribution in [0.1, 0.15) is 110 Å². The molecule has 0 radical (unpaired) electrons. The van der Waals surface area contributed by atoms with E-state index in [0.29, 0.717) is 26.4 Å². The second kappa shape index (κ2) is 27.7. The summed E-state index contributed by atoms with van der Waals surface area (Å²) in [6, 6.07) is 0. The summed E-state index contributed by atoms with van der Waals surface area (Å²) in [7, 11) is 6.45. The number of ether oxygens (including phenoxy) is 3. The summed E-state index contributed by atoms with van der Waals surface area (Å²) >= 11 is 0. The Bertz CT molecular complexity index is 380. The first kappa shape index (κ1) is 36.2. The number of unbranched alkanes of at least 4 members (excludes halogenated alkanes) is 15. The van der Waals surface area contributed by atoms with E-state index >= 15 is 0 Å². The van der Waals surface area contributed by atoms with Gasteiger partial charge in [-0.1, -0.05) is 103 Å². The summed E-state index contributed by atoms with van der Waals surface area (Å²) in [5.74, 6) is 0. The van der Waals surface area contributed by atoms with Crippen molar-refractivity contribution in [3.8, 4) is 0 Å². The van der Waals surface area contributed by atoms with Crippen molar-refractivity contribution in [1.29, 1.82) is 0 Å². The topological polar surface area (TPSA) is 47.9 Å². The molecular weight excluding hydrogens is 450 g/mol. The van der Waals surface area contributed by atoms with Gasteiger partial charge >= 0.3 is 0 Å². The van der Waals surface area contributed by atoms with Gasteiger partial charge in [0.15, 0.2) is 0 Å². The third-order valence-corrected chi connectivity index (χ3v) is 6.04. The highest BCUT2D eigenvalue weighted by Crippen LogP contribution is 2.13. The van der Waals surface area contributed by atoms with E-state index in [4.69, 9.17) is 14.2 Å². The second-order valence-corrected chi connectivity index (χ2v) is 10.7. The number of likely N-dealkylation sites (N-methyl/N-ethyl adjacent to an activating group) is 1. The van der Waals surface area contributed by atoms with Gasteiger partial charge in [-0.05, 0) is 6.42 Å². The van der Waals surface area contributed by atoms with Crippen molar-refractivity contribution in [3.05, 3.63) is 0 Å². The maximum atomic E-state index is 9.90. The number of halogens is 1. The Morgan fingerprint density at radius 2 is 0.912 bits per heavy atom. The lowest BCUT2D eigenvalue weighted by Gasteiger charge is -2.23. The van der Waals surface area contributed by atoms with Crippen LogP contribution in [0.25, 0.3) is 0 Å². The minimum Gasteiger partial charge on any atom is -1.00 e. The molecule has 0 aliphatic heterocycles. The number of nitrogens with zero attached hydrogens (tertiary/aromatic N) is 1. The van der Waals surface area contributed by atoms with Crippen molar-refractivity contribution in [2.75, 3.05) is 67.3 Å². The Hall–Kier alpha value is 0.0900. The molecule has 0 aromatic heterocycles. The molecule has 0 amide bonds. The van der Waals surface area contributed by atoms with Crippen LogP contribution in [0.5, 0.6) is 0 Å². The van der Waals surface area contributed by atoms with Crippen LogP contribution in [0.15, 0.2) is 0 Å². The van der Waals surface area contributed by atoms with Crippen LogP contribution >= 0.6 is 0 Å². The summed E-state index contributed by atoms with van der Waals surface area (Å²) in [6.07, 6.45) is 21.5. The number of aliphatic hydroxyl groups is 1. The highest BCUT2D eigenvalue weighted by Gasteiger charge is 2.07. The van der Waals surface area contributed by atoms with Gasteiger partial charge in [-0.25, -0.2) is 0 Å². The normalized spacial score (nSPS) is 12.6. The predicted octanol–water partition coefficient (Wildman–Crippen LogP) is 3.37. The highest BCUT2D eigenvalue weighted by molar-refractivity contribution is 4.53. The lowest BCUT2D eigenvalue weighted by atomic mass is 10.0. The van der Waals surface area contributed by atoms with Gasteiger partial charge in [0.25, 0.3) is 0 Å². The fourth-order valence-corrected chi connectivity index (χ4v) is 3.80. The molecule has 0 rings (SSSR count). The molecule has 0 bridgehead atoms. The summed E-state index contributed by atoms with van der Waals surface area (Å²) < 4.78 is 17.5. The average Bonchev–Trinajstić information content (AvgIpc) is 2.77. The van der Waals surface area contributed by atoms with E-state index in [0.717, 1.165) is 30.7 Å². The standard InChI is InChI=1S/C28H60NO4.ClH/c1-5-6-7-8-9-10-11-12-13-14-15-16-17-18-19-20-22-32-26-28(30)27-33-25-24-31-23-21-29(2,3)4;/h28,30H,5-27H2,1-4H3;1H/q+1;/p-1. The van der Waals surface area contributed by atoms with Gasteiger partial charge < -0.3 is 36.2 Å². The molecular formula is C28H60ClNO4. The molecule has 1 N–H and O–H groups in total. The van der Waals surface area contributed by atoms with Crippen LogP contribution in [0, 0.1) is 0 Å². The maximum Gasteiger partial charge on any atom is 0.102 e. The SMILES string of the molecule is CCCCCCCCCCCCCCCCCCOCC(O)COCCOCC[N+](C)(C)C.[Cl-]. The summed E-state index contributed by atoms with van der Waals surface area (Å²) in [6.45, 7) is 6.52. The number of hydrogen-bond donors (Lipinski definition) is 1. The van der Waals surface area contributed by atoms with Gasteiger partial charge in [0, 0.05) is 6.61 Å². The van der Waals surface area contributed by atoms with E-state index < -0.39 is 6.10 Å². The molecule has 0 saturated carbocycles. The van der Waals surface area contributed by atoms with Gasteiger partial charge in [0.2, 0.25) is 0 Å². The van der Waals surface area contributed by atoms with Crippen LogP contribution in [0.3, 0.4) is 0 Å². The minimum absolute atomic E-state index is 0. The summed E-state index contributed by atoms with van der Waals surface area (Å²) in [4.78, 5) is 0. The van der Waals surface area contributed by atoms with Crippen LogP contribution in [-0.4, -0.2) is 83.0 Å². The molecule has 1 unspecified atom stereocenters. The third kappa shape index (κ3) is 32.1. The highest BCUT2D eigenvalue weighted by atomic mass is 35.5. The van der Waals surface area contributed by atoms with Crippen LogP contribution in [-0.2, 0) is 14.2 Å². The summed E-state index contributed by atoms with van der Waals surface area (Å²) in [5, 5.41) is 9.90. The van der Waals surface area contributed by atoms with Crippen molar-refractivity contribution in [3.63, 3.8) is 0 Å². The van der Waals surface area contributed by atoms with E-state index in [9.17, 15) is 5.11 Å². The Balaban J connectivity index is 0. The number of hydrogen-bond acceptors (Lipinski definition) is 4. The smallest absolute Gasteiger partial charge is 0.102 e. The van der Waals surface area contributed by atoms with E-state index in [1.165, 1.54) is 96.3 Å². The average molecular weight is 510 g/mol. The molecule has 0 aromatic rings. The van der Waals surface area contributed by atoms with Crippen LogP contribution in [0.2, 0.25) is 0 Å². The van der Waals surface area contributed by atoms with Crippen molar-refractivity contribution >= 4 is 0 Å². The fourth-order valence-electron chi connectivity index (χ4n) is 3.80. The van der Waals surface area contributed by atoms with Crippen molar-refractivity contribution in [2.45, 2.75) is 116 Å². The Morgan fingerprint density at radius 3 is 1.35 bits per heavy atom. The molecule has 1 atom stereocenters. The lowest BCUT2D eigenvalue weighted by molar-refractivity contribution is -0.870. The number of aliphatic hydroxyl groups excluding tert-OH is 1. The lowest BCUT2D eigenvalue weighted by Crippen LogP contribution is -3.00. The maximum absolute atomic E-state index is 9.90. The molecule has 0 aliphatic rings. The first-order valence-electron chi connectivity index (χ1n) is 14.2. The molecule has 6 heteroatoms. The molecule has 208 valence electrons. The molecule has 0 spiro atoms. The quantitative estimate of drug-likeness (QED) is 0.136. The monoisotopic (exact) mass is 509 g/mol. The van der Waals surface area contributed by atoms with Gasteiger partial charge in [0.05, 0.1) is 54.2 Å². The van der Waals surface area contributed by atoms with Crippen molar-refractivity contribution < 1.29 is 36.2 Å². The second-order valence-electron chi connectivity index (χ2n) is 10.7.